The molecule has 1 N–H and O–H groups in total. The molecule has 9 heteroatoms. The van der Waals surface area contributed by atoms with Gasteiger partial charge in [-0.3, -0.25) is 4.79 Å². The average Bonchev–Trinajstić information content (AvgIpc) is 2.92. The Morgan fingerprint density at radius 3 is 2.58 bits per heavy atom. The van der Waals surface area contributed by atoms with Gasteiger partial charge in [-0.1, -0.05) is 20.8 Å². The molecule has 7 nitrogen and oxygen atoms in total. The van der Waals surface area contributed by atoms with Crippen LogP contribution >= 0.6 is 0 Å². The maximum absolute atomic E-state index is 14.4. The maximum Gasteiger partial charge on any atom is 0.250 e. The molecule has 24 heavy (non-hydrogen) atoms. The van der Waals surface area contributed by atoms with E-state index in [0.29, 0.717) is 5.89 Å². The highest BCUT2D eigenvalue weighted by atomic mass is 32.2. The molecule has 0 atom stereocenters. The SMILES string of the molecule is CC(C)(C)c1nnc(-c2cc3c(cc2F)S(=O)(=O)CCC(=O)N3)o1. The Balaban J connectivity index is 2.15. The topological polar surface area (TPSA) is 102 Å². The van der Waals surface area contributed by atoms with Gasteiger partial charge >= 0.3 is 0 Å². The summed E-state index contributed by atoms with van der Waals surface area (Å²) >= 11 is 0. The first-order valence-corrected chi connectivity index (χ1v) is 8.94. The zero-order valence-electron chi connectivity index (χ0n) is 13.4. The van der Waals surface area contributed by atoms with E-state index in [9.17, 15) is 17.6 Å². The Morgan fingerprint density at radius 2 is 1.96 bits per heavy atom. The van der Waals surface area contributed by atoms with Crippen molar-refractivity contribution in [3.05, 3.63) is 23.8 Å². The van der Waals surface area contributed by atoms with Crippen LogP contribution in [0.2, 0.25) is 0 Å². The number of carbonyl (C=O) groups excluding carboxylic acids is 1. The summed E-state index contributed by atoms with van der Waals surface area (Å²) in [5.74, 6) is -1.37. The molecule has 0 saturated carbocycles. The number of hydrogen-bond acceptors (Lipinski definition) is 6. The lowest BCUT2D eigenvalue weighted by Crippen LogP contribution is -2.11. The smallest absolute Gasteiger partial charge is 0.250 e. The molecule has 0 bridgehead atoms. The Labute approximate surface area is 138 Å². The Kier molecular flexibility index (Phi) is 3.71. The minimum absolute atomic E-state index is 0.0180. The second kappa shape index (κ2) is 5.37. The number of hydrogen-bond donors (Lipinski definition) is 1. The summed E-state index contributed by atoms with van der Waals surface area (Å²) in [7, 11) is -3.74. The number of carbonyl (C=O) groups is 1. The van der Waals surface area contributed by atoms with Gasteiger partial charge in [-0.2, -0.15) is 0 Å². The Hall–Kier alpha value is -2.29. The minimum atomic E-state index is -3.74. The van der Waals surface area contributed by atoms with E-state index < -0.39 is 27.0 Å². The monoisotopic (exact) mass is 353 g/mol. The molecule has 2 aromatic rings. The largest absolute Gasteiger partial charge is 0.420 e. The molecular weight excluding hydrogens is 337 g/mol. The van der Waals surface area contributed by atoms with Gasteiger partial charge in [0.15, 0.2) is 9.84 Å². The van der Waals surface area contributed by atoms with E-state index in [1.807, 2.05) is 20.8 Å². The molecule has 0 radical (unpaired) electrons. The standard InChI is InChI=1S/C15H16FN3O4S/c1-15(2,3)14-19-18-13(23-14)8-6-10-11(7-9(8)16)24(21,22)5-4-12(20)17-10/h6-7H,4-5H2,1-3H3,(H,17,20). The molecule has 1 amide bonds. The van der Waals surface area contributed by atoms with E-state index in [1.165, 1.54) is 6.07 Å². The van der Waals surface area contributed by atoms with Crippen LogP contribution in [0.1, 0.15) is 33.1 Å². The van der Waals surface area contributed by atoms with E-state index in [2.05, 4.69) is 15.5 Å². The van der Waals surface area contributed by atoms with Crippen LogP contribution in [0.25, 0.3) is 11.5 Å². The first kappa shape index (κ1) is 16.6. The number of sulfone groups is 1. The first-order valence-electron chi connectivity index (χ1n) is 7.28. The molecule has 0 saturated heterocycles. The number of rotatable bonds is 1. The van der Waals surface area contributed by atoms with Gasteiger partial charge in [-0.05, 0) is 12.1 Å². The highest BCUT2D eigenvalue weighted by molar-refractivity contribution is 7.91. The first-order chi connectivity index (χ1) is 11.1. The quantitative estimate of drug-likeness (QED) is 0.844. The third-order valence-electron chi connectivity index (χ3n) is 3.57. The summed E-state index contributed by atoms with van der Waals surface area (Å²) < 4.78 is 44.3. The Bertz CT molecular complexity index is 929. The molecule has 1 aliphatic rings. The van der Waals surface area contributed by atoms with Crippen LogP contribution in [-0.2, 0) is 20.0 Å². The van der Waals surface area contributed by atoms with Gasteiger partial charge in [0.25, 0.3) is 5.89 Å². The van der Waals surface area contributed by atoms with Crippen LogP contribution in [0, 0.1) is 5.82 Å². The summed E-state index contributed by atoms with van der Waals surface area (Å²) in [6, 6.07) is 2.10. The zero-order valence-corrected chi connectivity index (χ0v) is 14.2. The lowest BCUT2D eigenvalue weighted by molar-refractivity contribution is -0.115. The molecule has 128 valence electrons. The summed E-state index contributed by atoms with van der Waals surface area (Å²) in [5, 5.41) is 10.2. The van der Waals surface area contributed by atoms with E-state index >= 15 is 0 Å². The molecule has 1 aromatic carbocycles. The molecule has 1 aromatic heterocycles. The Morgan fingerprint density at radius 1 is 1.25 bits per heavy atom. The molecule has 0 spiro atoms. The molecule has 0 aliphatic carbocycles. The third-order valence-corrected chi connectivity index (χ3v) is 5.32. The molecule has 1 aliphatic heterocycles. The van der Waals surface area contributed by atoms with Crippen molar-refractivity contribution in [2.24, 2.45) is 0 Å². The molecule has 0 fully saturated rings. The van der Waals surface area contributed by atoms with Crippen molar-refractivity contribution in [1.29, 1.82) is 0 Å². The highest BCUT2D eigenvalue weighted by Crippen LogP contribution is 2.34. The third kappa shape index (κ3) is 2.91. The lowest BCUT2D eigenvalue weighted by atomic mass is 9.97. The molecular formula is C15H16FN3O4S. The normalized spacial score (nSPS) is 17.1. The van der Waals surface area contributed by atoms with Crippen LogP contribution in [-0.4, -0.2) is 30.3 Å². The highest BCUT2D eigenvalue weighted by Gasteiger charge is 2.29. The molecule has 2 heterocycles. The zero-order chi connectivity index (χ0) is 17.7. The fourth-order valence-electron chi connectivity index (χ4n) is 2.26. The number of amides is 1. The van der Waals surface area contributed by atoms with Crippen molar-refractivity contribution < 1.29 is 22.0 Å². The lowest BCUT2D eigenvalue weighted by Gasteiger charge is -2.11. The van der Waals surface area contributed by atoms with Crippen LogP contribution in [0.4, 0.5) is 10.1 Å². The van der Waals surface area contributed by atoms with Gasteiger partial charge in [-0.25, -0.2) is 12.8 Å². The van der Waals surface area contributed by atoms with E-state index in [-0.39, 0.29) is 34.2 Å². The van der Waals surface area contributed by atoms with Crippen LogP contribution in [0.15, 0.2) is 21.4 Å². The van der Waals surface area contributed by atoms with Crippen molar-refractivity contribution in [3.8, 4) is 11.5 Å². The number of nitrogens with zero attached hydrogens (tertiary/aromatic N) is 2. The van der Waals surface area contributed by atoms with Gasteiger partial charge < -0.3 is 9.73 Å². The number of anilines is 1. The van der Waals surface area contributed by atoms with Gasteiger partial charge in [0, 0.05) is 11.8 Å². The van der Waals surface area contributed by atoms with Gasteiger partial charge in [0.2, 0.25) is 11.8 Å². The second-order valence-electron chi connectivity index (χ2n) is 6.61. The fourth-order valence-corrected chi connectivity index (χ4v) is 3.66. The van der Waals surface area contributed by atoms with Crippen molar-refractivity contribution in [2.75, 3.05) is 11.1 Å². The van der Waals surface area contributed by atoms with Crippen molar-refractivity contribution in [3.63, 3.8) is 0 Å². The summed E-state index contributed by atoms with van der Waals surface area (Å²) in [6.07, 6.45) is -0.178. The van der Waals surface area contributed by atoms with Gasteiger partial charge in [-0.15, -0.1) is 10.2 Å². The van der Waals surface area contributed by atoms with Crippen molar-refractivity contribution in [1.82, 2.24) is 10.2 Å². The van der Waals surface area contributed by atoms with E-state index in [0.717, 1.165) is 6.07 Å². The number of fused-ring (bicyclic) bond motifs is 1. The van der Waals surface area contributed by atoms with E-state index in [1.54, 1.807) is 0 Å². The predicted octanol–water partition coefficient (Wildman–Crippen LogP) is 2.29. The average molecular weight is 353 g/mol. The van der Waals surface area contributed by atoms with E-state index in [4.69, 9.17) is 4.42 Å². The number of benzene rings is 1. The summed E-state index contributed by atoms with van der Waals surface area (Å²) in [5.41, 5.74) is -0.455. The van der Waals surface area contributed by atoms with Crippen LogP contribution in [0.5, 0.6) is 0 Å². The number of aromatic nitrogens is 2. The summed E-state index contributed by atoms with van der Waals surface area (Å²) in [6.45, 7) is 5.60. The van der Waals surface area contributed by atoms with Gasteiger partial charge in [0.05, 0.1) is 21.9 Å². The molecule has 3 rings (SSSR count). The second-order valence-corrected chi connectivity index (χ2v) is 8.69. The fraction of sp³-hybridized carbons (Fsp3) is 0.400. The van der Waals surface area contributed by atoms with Crippen molar-refractivity contribution in [2.45, 2.75) is 37.5 Å². The van der Waals surface area contributed by atoms with Gasteiger partial charge in [0.1, 0.15) is 5.82 Å². The van der Waals surface area contributed by atoms with Crippen LogP contribution < -0.4 is 5.32 Å². The minimum Gasteiger partial charge on any atom is -0.420 e. The molecule has 0 unspecified atom stereocenters. The maximum atomic E-state index is 14.4. The number of halogens is 1. The van der Waals surface area contributed by atoms with Crippen LogP contribution in [0.3, 0.4) is 0 Å². The van der Waals surface area contributed by atoms with Crippen molar-refractivity contribution >= 4 is 21.4 Å². The predicted molar refractivity (Wildman–Crippen MR) is 83.7 cm³/mol. The summed E-state index contributed by atoms with van der Waals surface area (Å²) in [4.78, 5) is 11.4. The number of nitrogens with one attached hydrogen (secondary N) is 1.